The number of aromatic nitrogens is 3. The molecule has 2 aromatic heterocycles. The standard InChI is InChI=1S/C13H11BrN4/c14-11-6-2-1-5-10(11)12-16-13-9(8-15)4-3-7-18(13)17-12/h1-7H,8,15H2. The Morgan fingerprint density at radius 1 is 1.17 bits per heavy atom. The normalized spacial score (nSPS) is 11.0. The van der Waals surface area contributed by atoms with Crippen molar-refractivity contribution < 1.29 is 0 Å². The van der Waals surface area contributed by atoms with Gasteiger partial charge < -0.3 is 5.73 Å². The van der Waals surface area contributed by atoms with Gasteiger partial charge in [-0.3, -0.25) is 0 Å². The summed E-state index contributed by atoms with van der Waals surface area (Å²) in [6.07, 6.45) is 1.88. The Bertz CT molecular complexity index is 705. The van der Waals surface area contributed by atoms with Crippen LogP contribution in [0.1, 0.15) is 5.56 Å². The number of hydrogen-bond donors (Lipinski definition) is 1. The topological polar surface area (TPSA) is 56.2 Å². The number of fused-ring (bicyclic) bond motifs is 1. The van der Waals surface area contributed by atoms with Crippen LogP contribution in [0.5, 0.6) is 0 Å². The summed E-state index contributed by atoms with van der Waals surface area (Å²) in [4.78, 5) is 4.56. The second-order valence-corrected chi connectivity index (χ2v) is 4.78. The van der Waals surface area contributed by atoms with E-state index in [9.17, 15) is 0 Å². The number of nitrogens with zero attached hydrogens (tertiary/aromatic N) is 3. The lowest BCUT2D eigenvalue weighted by molar-refractivity contribution is 0.944. The van der Waals surface area contributed by atoms with Gasteiger partial charge in [0.25, 0.3) is 0 Å². The molecule has 0 radical (unpaired) electrons. The van der Waals surface area contributed by atoms with Gasteiger partial charge in [-0.15, -0.1) is 5.10 Å². The maximum Gasteiger partial charge on any atom is 0.183 e. The first-order valence-corrected chi connectivity index (χ1v) is 6.38. The van der Waals surface area contributed by atoms with E-state index in [4.69, 9.17) is 5.73 Å². The van der Waals surface area contributed by atoms with Gasteiger partial charge in [-0.2, -0.15) is 0 Å². The second kappa shape index (κ2) is 4.51. The molecule has 1 aromatic carbocycles. The van der Waals surface area contributed by atoms with Crippen LogP contribution in [0.15, 0.2) is 47.1 Å². The van der Waals surface area contributed by atoms with Gasteiger partial charge in [-0.25, -0.2) is 9.50 Å². The molecule has 0 spiro atoms. The summed E-state index contributed by atoms with van der Waals surface area (Å²) >= 11 is 3.51. The molecule has 4 nitrogen and oxygen atoms in total. The van der Waals surface area contributed by atoms with Gasteiger partial charge in [0.2, 0.25) is 0 Å². The minimum atomic E-state index is 0.457. The first-order valence-electron chi connectivity index (χ1n) is 5.59. The van der Waals surface area contributed by atoms with Gasteiger partial charge in [-0.1, -0.05) is 34.1 Å². The molecule has 90 valence electrons. The van der Waals surface area contributed by atoms with Crippen LogP contribution in [0.4, 0.5) is 0 Å². The summed E-state index contributed by atoms with van der Waals surface area (Å²) in [7, 11) is 0. The molecule has 0 saturated carbocycles. The molecule has 0 aliphatic heterocycles. The van der Waals surface area contributed by atoms with E-state index in [0.29, 0.717) is 12.4 Å². The number of rotatable bonds is 2. The average molecular weight is 303 g/mol. The van der Waals surface area contributed by atoms with Crippen LogP contribution in [0.2, 0.25) is 0 Å². The van der Waals surface area contributed by atoms with Crippen molar-refractivity contribution in [2.24, 2.45) is 5.73 Å². The molecule has 18 heavy (non-hydrogen) atoms. The van der Waals surface area contributed by atoms with E-state index in [1.807, 2.05) is 42.6 Å². The number of halogens is 1. The fraction of sp³-hybridized carbons (Fsp3) is 0.0769. The Kier molecular flexibility index (Phi) is 2.85. The maximum atomic E-state index is 5.70. The third-order valence-electron chi connectivity index (χ3n) is 2.78. The number of hydrogen-bond acceptors (Lipinski definition) is 3. The molecule has 0 fully saturated rings. The summed E-state index contributed by atoms with van der Waals surface area (Å²) < 4.78 is 2.74. The average Bonchev–Trinajstić information content (AvgIpc) is 2.82. The molecule has 0 unspecified atom stereocenters. The van der Waals surface area contributed by atoms with E-state index in [2.05, 4.69) is 26.0 Å². The molecule has 0 aliphatic rings. The highest BCUT2D eigenvalue weighted by molar-refractivity contribution is 9.10. The second-order valence-electron chi connectivity index (χ2n) is 3.92. The summed E-state index contributed by atoms with van der Waals surface area (Å²) in [5.74, 6) is 0.698. The molecular weight excluding hydrogens is 292 g/mol. The Hall–Kier alpha value is -1.72. The van der Waals surface area contributed by atoms with Gasteiger partial charge in [0, 0.05) is 28.3 Å². The fourth-order valence-corrected chi connectivity index (χ4v) is 2.34. The van der Waals surface area contributed by atoms with E-state index < -0.39 is 0 Å². The predicted molar refractivity (Wildman–Crippen MR) is 74.0 cm³/mol. The number of nitrogens with two attached hydrogens (primary N) is 1. The zero-order chi connectivity index (χ0) is 12.5. The molecule has 0 atom stereocenters. The first-order chi connectivity index (χ1) is 8.79. The molecule has 3 aromatic rings. The quantitative estimate of drug-likeness (QED) is 0.792. The van der Waals surface area contributed by atoms with Crippen LogP contribution in [-0.2, 0) is 6.54 Å². The summed E-state index contributed by atoms with van der Waals surface area (Å²) in [5.41, 5.74) is 8.48. The zero-order valence-electron chi connectivity index (χ0n) is 9.55. The van der Waals surface area contributed by atoms with Crippen molar-refractivity contribution in [1.82, 2.24) is 14.6 Å². The molecule has 0 amide bonds. The minimum absolute atomic E-state index is 0.457. The van der Waals surface area contributed by atoms with Crippen LogP contribution in [0.3, 0.4) is 0 Å². The minimum Gasteiger partial charge on any atom is -0.326 e. The van der Waals surface area contributed by atoms with Crippen molar-refractivity contribution >= 4 is 21.6 Å². The van der Waals surface area contributed by atoms with Gasteiger partial charge in [-0.05, 0) is 18.2 Å². The smallest absolute Gasteiger partial charge is 0.183 e. The van der Waals surface area contributed by atoms with E-state index in [1.54, 1.807) is 4.52 Å². The third-order valence-corrected chi connectivity index (χ3v) is 3.47. The molecule has 2 N–H and O–H groups in total. The summed E-state index contributed by atoms with van der Waals surface area (Å²) in [5, 5.41) is 4.47. The van der Waals surface area contributed by atoms with E-state index >= 15 is 0 Å². The molecular formula is C13H11BrN4. The molecule has 0 bridgehead atoms. The summed E-state index contributed by atoms with van der Waals surface area (Å²) in [6, 6.07) is 11.8. The van der Waals surface area contributed by atoms with Gasteiger partial charge >= 0.3 is 0 Å². The Labute approximate surface area is 113 Å². The van der Waals surface area contributed by atoms with Crippen molar-refractivity contribution in [2.75, 3.05) is 0 Å². The third kappa shape index (κ3) is 1.81. The highest BCUT2D eigenvalue weighted by Crippen LogP contribution is 2.25. The molecule has 0 aliphatic carbocycles. The Balaban J connectivity index is 2.23. The van der Waals surface area contributed by atoms with E-state index in [0.717, 1.165) is 21.2 Å². The largest absolute Gasteiger partial charge is 0.326 e. The Morgan fingerprint density at radius 3 is 2.78 bits per heavy atom. The van der Waals surface area contributed by atoms with Crippen LogP contribution < -0.4 is 5.73 Å². The summed E-state index contributed by atoms with van der Waals surface area (Å²) in [6.45, 7) is 0.457. The number of benzene rings is 1. The van der Waals surface area contributed by atoms with Gasteiger partial charge in [0.1, 0.15) is 0 Å². The lowest BCUT2D eigenvalue weighted by Crippen LogP contribution is -1.99. The van der Waals surface area contributed by atoms with Crippen molar-refractivity contribution in [1.29, 1.82) is 0 Å². The van der Waals surface area contributed by atoms with E-state index in [1.165, 1.54) is 0 Å². The Morgan fingerprint density at radius 2 is 2.00 bits per heavy atom. The van der Waals surface area contributed by atoms with Crippen LogP contribution in [0, 0.1) is 0 Å². The van der Waals surface area contributed by atoms with Crippen LogP contribution >= 0.6 is 15.9 Å². The van der Waals surface area contributed by atoms with E-state index in [-0.39, 0.29) is 0 Å². The van der Waals surface area contributed by atoms with Crippen LogP contribution in [0.25, 0.3) is 17.0 Å². The lowest BCUT2D eigenvalue weighted by Gasteiger charge is -1.97. The first kappa shape index (κ1) is 11.4. The fourth-order valence-electron chi connectivity index (χ4n) is 1.88. The molecule has 3 rings (SSSR count). The van der Waals surface area contributed by atoms with Gasteiger partial charge in [0.15, 0.2) is 11.5 Å². The van der Waals surface area contributed by atoms with Crippen molar-refractivity contribution in [3.63, 3.8) is 0 Å². The number of pyridine rings is 1. The highest BCUT2D eigenvalue weighted by atomic mass is 79.9. The highest BCUT2D eigenvalue weighted by Gasteiger charge is 2.10. The maximum absolute atomic E-state index is 5.70. The van der Waals surface area contributed by atoms with Crippen LogP contribution in [-0.4, -0.2) is 14.6 Å². The lowest BCUT2D eigenvalue weighted by atomic mass is 10.2. The van der Waals surface area contributed by atoms with Gasteiger partial charge in [0.05, 0.1) is 0 Å². The molecule has 5 heteroatoms. The zero-order valence-corrected chi connectivity index (χ0v) is 11.1. The van der Waals surface area contributed by atoms with Crippen molar-refractivity contribution in [3.8, 4) is 11.4 Å². The predicted octanol–water partition coefficient (Wildman–Crippen LogP) is 2.62. The molecule has 2 heterocycles. The monoisotopic (exact) mass is 302 g/mol. The van der Waals surface area contributed by atoms with Crippen molar-refractivity contribution in [2.45, 2.75) is 6.54 Å². The van der Waals surface area contributed by atoms with Crippen molar-refractivity contribution in [3.05, 3.63) is 52.6 Å². The molecule has 0 saturated heterocycles. The SMILES string of the molecule is NCc1cccn2nc(-c3ccccc3Br)nc12.